The second kappa shape index (κ2) is 5.41. The summed E-state index contributed by atoms with van der Waals surface area (Å²) in [5.74, 6) is 0.465. The summed E-state index contributed by atoms with van der Waals surface area (Å²) in [5, 5.41) is 9.71. The fraction of sp³-hybridized carbons (Fsp3) is 0.533. The van der Waals surface area contributed by atoms with Gasteiger partial charge in [-0.1, -0.05) is 11.6 Å². The Kier molecular flexibility index (Phi) is 4.04. The van der Waals surface area contributed by atoms with Crippen LogP contribution in [-0.4, -0.2) is 18.2 Å². The average molecular weight is 283 g/mol. The number of hydrogen-bond acceptors (Lipinski definition) is 2. The van der Waals surface area contributed by atoms with Gasteiger partial charge in [0.2, 0.25) is 0 Å². The largest absolute Gasteiger partial charge is 0.495 e. The number of ether oxygens (including phenoxy) is 1. The van der Waals surface area contributed by atoms with E-state index in [1.54, 1.807) is 7.11 Å². The lowest BCUT2D eigenvalue weighted by Crippen LogP contribution is -2.12. The summed E-state index contributed by atoms with van der Waals surface area (Å²) in [6.45, 7) is 3.95. The molecule has 2 rings (SSSR count). The molecule has 0 aromatic heterocycles. The maximum atomic E-state index is 11.1. The molecule has 1 aromatic rings. The average Bonchev–Trinajstić information content (AvgIpc) is 3.16. The molecule has 0 spiro atoms. The van der Waals surface area contributed by atoms with E-state index in [0.29, 0.717) is 16.7 Å². The van der Waals surface area contributed by atoms with E-state index in [0.717, 1.165) is 29.5 Å². The van der Waals surface area contributed by atoms with Crippen molar-refractivity contribution in [3.8, 4) is 5.75 Å². The molecule has 1 aliphatic carbocycles. The number of halogens is 1. The van der Waals surface area contributed by atoms with E-state index in [9.17, 15) is 4.79 Å². The van der Waals surface area contributed by atoms with Crippen LogP contribution in [0.3, 0.4) is 0 Å². The first kappa shape index (κ1) is 14.2. The number of carboxylic acid groups (broad SMARTS) is 1. The van der Waals surface area contributed by atoms with Crippen LogP contribution in [0.1, 0.15) is 41.9 Å². The molecule has 19 heavy (non-hydrogen) atoms. The zero-order valence-electron chi connectivity index (χ0n) is 11.5. The van der Waals surface area contributed by atoms with Crippen molar-refractivity contribution in [1.82, 2.24) is 0 Å². The number of benzene rings is 1. The lowest BCUT2D eigenvalue weighted by Gasteiger charge is -2.22. The van der Waals surface area contributed by atoms with E-state index in [-0.39, 0.29) is 12.3 Å². The molecule has 1 aliphatic rings. The summed E-state index contributed by atoms with van der Waals surface area (Å²) < 4.78 is 5.25. The molecule has 3 nitrogen and oxygen atoms in total. The normalized spacial score (nSPS) is 16.2. The van der Waals surface area contributed by atoms with E-state index in [2.05, 4.69) is 0 Å². The second-order valence-electron chi connectivity index (χ2n) is 5.29. The molecule has 1 atom stereocenters. The topological polar surface area (TPSA) is 46.5 Å². The van der Waals surface area contributed by atoms with Gasteiger partial charge in [0.15, 0.2) is 0 Å². The molecule has 1 fully saturated rings. The molecule has 0 heterocycles. The predicted octanol–water partition coefficient (Wildman–Crippen LogP) is 3.93. The highest BCUT2D eigenvalue weighted by atomic mass is 35.5. The number of rotatable bonds is 5. The second-order valence-corrected chi connectivity index (χ2v) is 5.67. The lowest BCUT2D eigenvalue weighted by molar-refractivity contribution is -0.137. The molecule has 0 saturated heterocycles. The van der Waals surface area contributed by atoms with Crippen molar-refractivity contribution in [1.29, 1.82) is 0 Å². The minimum Gasteiger partial charge on any atom is -0.495 e. The summed E-state index contributed by atoms with van der Waals surface area (Å²) in [6, 6.07) is 1.90. The molecule has 1 saturated carbocycles. The smallest absolute Gasteiger partial charge is 0.303 e. The van der Waals surface area contributed by atoms with Crippen LogP contribution in [-0.2, 0) is 4.79 Å². The van der Waals surface area contributed by atoms with E-state index in [1.165, 1.54) is 0 Å². The standard InChI is InChI=1S/C15H19ClO3/c1-8-6-12(19-3)15(16)9(2)14(8)11(7-13(17)18)10-4-5-10/h6,10-11H,4-5,7H2,1-3H3,(H,17,18). The Morgan fingerprint density at radius 2 is 2.16 bits per heavy atom. The van der Waals surface area contributed by atoms with Gasteiger partial charge in [-0.3, -0.25) is 4.79 Å². The summed E-state index contributed by atoms with van der Waals surface area (Å²) in [7, 11) is 1.59. The van der Waals surface area contributed by atoms with Gasteiger partial charge < -0.3 is 9.84 Å². The van der Waals surface area contributed by atoms with Crippen molar-refractivity contribution < 1.29 is 14.6 Å². The van der Waals surface area contributed by atoms with Crippen LogP contribution < -0.4 is 4.74 Å². The molecule has 1 N–H and O–H groups in total. The van der Waals surface area contributed by atoms with Crippen LogP contribution in [0.5, 0.6) is 5.75 Å². The van der Waals surface area contributed by atoms with Crippen LogP contribution in [0.15, 0.2) is 6.07 Å². The molecule has 4 heteroatoms. The summed E-state index contributed by atoms with van der Waals surface area (Å²) in [4.78, 5) is 11.1. The Morgan fingerprint density at radius 3 is 2.63 bits per heavy atom. The Labute approximate surface area is 118 Å². The molecule has 104 valence electrons. The van der Waals surface area contributed by atoms with Crippen molar-refractivity contribution in [3.05, 3.63) is 27.8 Å². The van der Waals surface area contributed by atoms with Gasteiger partial charge in [-0.25, -0.2) is 0 Å². The fourth-order valence-electron chi connectivity index (χ4n) is 2.85. The first-order chi connectivity index (χ1) is 8.95. The molecule has 0 radical (unpaired) electrons. The minimum absolute atomic E-state index is 0.0703. The van der Waals surface area contributed by atoms with E-state index in [4.69, 9.17) is 21.4 Å². The summed E-state index contributed by atoms with van der Waals surface area (Å²) in [6.07, 6.45) is 2.40. The number of methoxy groups -OCH3 is 1. The zero-order valence-corrected chi connectivity index (χ0v) is 12.3. The van der Waals surface area contributed by atoms with Crippen molar-refractivity contribution in [2.24, 2.45) is 5.92 Å². The molecular weight excluding hydrogens is 264 g/mol. The number of aryl methyl sites for hydroxylation is 1. The van der Waals surface area contributed by atoms with Gasteiger partial charge in [0.1, 0.15) is 5.75 Å². The van der Waals surface area contributed by atoms with Crippen molar-refractivity contribution in [2.75, 3.05) is 7.11 Å². The molecular formula is C15H19ClO3. The molecule has 0 amide bonds. The van der Waals surface area contributed by atoms with Crippen molar-refractivity contribution in [2.45, 2.75) is 39.0 Å². The molecule has 0 bridgehead atoms. The maximum absolute atomic E-state index is 11.1. The Morgan fingerprint density at radius 1 is 1.53 bits per heavy atom. The quantitative estimate of drug-likeness (QED) is 0.890. The van der Waals surface area contributed by atoms with E-state index >= 15 is 0 Å². The van der Waals surface area contributed by atoms with Gasteiger partial charge in [-0.15, -0.1) is 0 Å². The highest BCUT2D eigenvalue weighted by Gasteiger charge is 2.36. The third-order valence-electron chi connectivity index (χ3n) is 3.90. The first-order valence-corrected chi connectivity index (χ1v) is 6.88. The van der Waals surface area contributed by atoms with Crippen LogP contribution in [0, 0.1) is 19.8 Å². The molecule has 0 aliphatic heterocycles. The number of carboxylic acids is 1. The highest BCUT2D eigenvalue weighted by Crippen LogP contribution is 2.48. The summed E-state index contributed by atoms with van der Waals surface area (Å²) >= 11 is 6.30. The first-order valence-electron chi connectivity index (χ1n) is 6.51. The predicted molar refractivity (Wildman–Crippen MR) is 75.2 cm³/mol. The van der Waals surface area contributed by atoms with Crippen LogP contribution in [0.4, 0.5) is 0 Å². The van der Waals surface area contributed by atoms with Crippen molar-refractivity contribution >= 4 is 17.6 Å². The molecule has 1 aromatic carbocycles. The third kappa shape index (κ3) is 2.86. The maximum Gasteiger partial charge on any atom is 0.303 e. The SMILES string of the molecule is COc1cc(C)c(C(CC(=O)O)C2CC2)c(C)c1Cl. The number of aliphatic carboxylic acids is 1. The van der Waals surface area contributed by atoms with E-state index in [1.807, 2.05) is 19.9 Å². The third-order valence-corrected chi connectivity index (χ3v) is 4.37. The lowest BCUT2D eigenvalue weighted by atomic mass is 9.85. The Hall–Kier alpha value is -1.22. The van der Waals surface area contributed by atoms with Crippen LogP contribution in [0.2, 0.25) is 5.02 Å². The van der Waals surface area contributed by atoms with E-state index < -0.39 is 5.97 Å². The van der Waals surface area contributed by atoms with Gasteiger partial charge in [-0.05, 0) is 61.3 Å². The van der Waals surface area contributed by atoms with Crippen molar-refractivity contribution in [3.63, 3.8) is 0 Å². The fourth-order valence-corrected chi connectivity index (χ4v) is 3.08. The highest BCUT2D eigenvalue weighted by molar-refractivity contribution is 6.33. The number of hydrogen-bond donors (Lipinski definition) is 1. The minimum atomic E-state index is -0.748. The zero-order chi connectivity index (χ0) is 14.2. The monoisotopic (exact) mass is 282 g/mol. The number of carbonyl (C=O) groups is 1. The van der Waals surface area contributed by atoms with Gasteiger partial charge in [0.25, 0.3) is 0 Å². The molecule has 1 unspecified atom stereocenters. The summed E-state index contributed by atoms with van der Waals surface area (Å²) in [5.41, 5.74) is 3.12. The van der Waals surface area contributed by atoms with Gasteiger partial charge in [0.05, 0.1) is 18.6 Å². The van der Waals surface area contributed by atoms with Gasteiger partial charge >= 0.3 is 5.97 Å². The Bertz CT molecular complexity index is 507. The van der Waals surface area contributed by atoms with Crippen LogP contribution in [0.25, 0.3) is 0 Å². The Balaban J connectivity index is 2.47. The van der Waals surface area contributed by atoms with Crippen LogP contribution >= 0.6 is 11.6 Å². The van der Waals surface area contributed by atoms with Gasteiger partial charge in [0, 0.05) is 0 Å². The van der Waals surface area contributed by atoms with Gasteiger partial charge in [-0.2, -0.15) is 0 Å².